The predicted molar refractivity (Wildman–Crippen MR) is 93.1 cm³/mol. The summed E-state index contributed by atoms with van der Waals surface area (Å²) in [4.78, 5) is 25.2. The minimum absolute atomic E-state index is 0.0284. The zero-order chi connectivity index (χ0) is 17.5. The minimum Gasteiger partial charge on any atom is -0.467 e. The first-order chi connectivity index (χ1) is 11.5. The summed E-state index contributed by atoms with van der Waals surface area (Å²) in [6.07, 6.45) is 6.73. The molecule has 4 unspecified atom stereocenters. The summed E-state index contributed by atoms with van der Waals surface area (Å²) in [6.45, 7) is 6.52. The molecule has 5 nitrogen and oxygen atoms in total. The molecule has 2 N–H and O–H groups in total. The Balaban J connectivity index is 1.96. The Bertz CT molecular complexity index is 527. The Morgan fingerprint density at radius 3 is 2.71 bits per heavy atom. The first-order valence-electron chi connectivity index (χ1n) is 9.13. The maximum Gasteiger partial charge on any atom is 0.243 e. The van der Waals surface area contributed by atoms with Gasteiger partial charge in [-0.25, -0.2) is 0 Å². The minimum atomic E-state index is -0.494. The number of amides is 2. The lowest BCUT2D eigenvalue weighted by Crippen LogP contribution is -2.52. The molecule has 0 bridgehead atoms. The van der Waals surface area contributed by atoms with Crippen LogP contribution in [0.1, 0.15) is 58.6 Å². The van der Waals surface area contributed by atoms with E-state index in [0.717, 1.165) is 25.7 Å². The van der Waals surface area contributed by atoms with Crippen molar-refractivity contribution < 1.29 is 14.0 Å². The van der Waals surface area contributed by atoms with E-state index in [1.165, 1.54) is 6.42 Å². The average molecular weight is 334 g/mol. The second kappa shape index (κ2) is 8.90. The highest BCUT2D eigenvalue weighted by Gasteiger charge is 2.32. The second-order valence-corrected chi connectivity index (χ2v) is 7.04. The van der Waals surface area contributed by atoms with E-state index in [0.29, 0.717) is 18.2 Å². The smallest absolute Gasteiger partial charge is 0.243 e. The van der Waals surface area contributed by atoms with E-state index in [1.54, 1.807) is 12.3 Å². The molecule has 2 amide bonds. The van der Waals surface area contributed by atoms with Gasteiger partial charge < -0.3 is 15.1 Å². The van der Waals surface area contributed by atoms with Crippen LogP contribution in [0, 0.1) is 17.8 Å². The summed E-state index contributed by atoms with van der Waals surface area (Å²) >= 11 is 0. The SMILES string of the molecule is CCC(C)C(NC(=O)C1CCCCC1C)C(=O)NCc1ccco1. The molecule has 4 atom stereocenters. The maximum atomic E-state index is 12.7. The molecule has 1 aliphatic rings. The summed E-state index contributed by atoms with van der Waals surface area (Å²) < 4.78 is 5.24. The van der Waals surface area contributed by atoms with Crippen LogP contribution in [0.4, 0.5) is 0 Å². The first kappa shape index (κ1) is 18.6. The fourth-order valence-electron chi connectivity index (χ4n) is 3.37. The molecule has 1 saturated carbocycles. The highest BCUT2D eigenvalue weighted by Crippen LogP contribution is 2.29. The molecule has 0 aromatic carbocycles. The molecule has 1 aromatic rings. The van der Waals surface area contributed by atoms with Gasteiger partial charge in [-0.1, -0.05) is 40.0 Å². The van der Waals surface area contributed by atoms with Crippen LogP contribution in [0.25, 0.3) is 0 Å². The summed E-state index contributed by atoms with van der Waals surface area (Å²) in [7, 11) is 0. The van der Waals surface area contributed by atoms with Crippen LogP contribution in [0.2, 0.25) is 0 Å². The van der Waals surface area contributed by atoms with Gasteiger partial charge in [0.1, 0.15) is 11.8 Å². The molecule has 1 heterocycles. The first-order valence-corrected chi connectivity index (χ1v) is 9.13. The van der Waals surface area contributed by atoms with Crippen LogP contribution in [0.5, 0.6) is 0 Å². The molecular formula is C19H30N2O3. The Kier molecular flexibility index (Phi) is 6.88. The third kappa shape index (κ3) is 4.86. The Morgan fingerprint density at radius 2 is 2.08 bits per heavy atom. The van der Waals surface area contributed by atoms with Crippen LogP contribution in [-0.4, -0.2) is 17.9 Å². The van der Waals surface area contributed by atoms with E-state index in [-0.39, 0.29) is 23.7 Å². The molecule has 5 heteroatoms. The summed E-state index contributed by atoms with van der Waals surface area (Å²) in [5.74, 6) is 1.10. The third-order valence-corrected chi connectivity index (χ3v) is 5.26. The third-order valence-electron chi connectivity index (χ3n) is 5.26. The van der Waals surface area contributed by atoms with Gasteiger partial charge in [0.2, 0.25) is 11.8 Å². The quantitative estimate of drug-likeness (QED) is 0.804. The zero-order valence-corrected chi connectivity index (χ0v) is 15.0. The molecule has 0 saturated heterocycles. The molecule has 0 radical (unpaired) electrons. The normalized spacial score (nSPS) is 23.3. The fourth-order valence-corrected chi connectivity index (χ4v) is 3.37. The van der Waals surface area contributed by atoms with E-state index >= 15 is 0 Å². The van der Waals surface area contributed by atoms with Gasteiger partial charge in [0.15, 0.2) is 0 Å². The molecule has 2 rings (SSSR count). The highest BCUT2D eigenvalue weighted by molar-refractivity contribution is 5.88. The van der Waals surface area contributed by atoms with Crippen molar-refractivity contribution in [3.05, 3.63) is 24.2 Å². The van der Waals surface area contributed by atoms with Crippen LogP contribution in [0.15, 0.2) is 22.8 Å². The van der Waals surface area contributed by atoms with Crippen molar-refractivity contribution in [3.8, 4) is 0 Å². The number of nitrogens with one attached hydrogen (secondary N) is 2. The van der Waals surface area contributed by atoms with Crippen LogP contribution in [-0.2, 0) is 16.1 Å². The maximum absolute atomic E-state index is 12.7. The number of rotatable bonds is 7. The van der Waals surface area contributed by atoms with Gasteiger partial charge in [-0.2, -0.15) is 0 Å². The Hall–Kier alpha value is -1.78. The number of furan rings is 1. The van der Waals surface area contributed by atoms with Crippen LogP contribution < -0.4 is 10.6 Å². The highest BCUT2D eigenvalue weighted by atomic mass is 16.3. The van der Waals surface area contributed by atoms with Gasteiger partial charge in [-0.15, -0.1) is 0 Å². The number of carbonyl (C=O) groups excluding carboxylic acids is 2. The Morgan fingerprint density at radius 1 is 1.33 bits per heavy atom. The van der Waals surface area contributed by atoms with E-state index in [2.05, 4.69) is 17.6 Å². The molecule has 1 aliphatic carbocycles. The molecule has 0 spiro atoms. The van der Waals surface area contributed by atoms with Crippen LogP contribution in [0.3, 0.4) is 0 Å². The molecule has 24 heavy (non-hydrogen) atoms. The van der Waals surface area contributed by atoms with E-state index in [4.69, 9.17) is 4.42 Å². The largest absolute Gasteiger partial charge is 0.467 e. The monoisotopic (exact) mass is 334 g/mol. The molecule has 1 fully saturated rings. The lowest BCUT2D eigenvalue weighted by molar-refractivity contribution is -0.134. The van der Waals surface area contributed by atoms with E-state index in [9.17, 15) is 9.59 Å². The molecule has 1 aromatic heterocycles. The van der Waals surface area contributed by atoms with Crippen molar-refractivity contribution in [2.24, 2.45) is 17.8 Å². The number of carbonyl (C=O) groups is 2. The number of hydrogen-bond donors (Lipinski definition) is 2. The lowest BCUT2D eigenvalue weighted by atomic mass is 9.79. The van der Waals surface area contributed by atoms with Crippen molar-refractivity contribution in [1.29, 1.82) is 0 Å². The lowest BCUT2D eigenvalue weighted by Gasteiger charge is -2.31. The standard InChI is InChI=1S/C19H30N2O3/c1-4-13(2)17(19(23)20-12-15-9-7-11-24-15)21-18(22)16-10-6-5-8-14(16)3/h7,9,11,13-14,16-17H,4-6,8,10,12H2,1-3H3,(H,20,23)(H,21,22). The summed E-state index contributed by atoms with van der Waals surface area (Å²) in [6, 6.07) is 3.12. The fraction of sp³-hybridized carbons (Fsp3) is 0.684. The van der Waals surface area contributed by atoms with Gasteiger partial charge in [0.25, 0.3) is 0 Å². The predicted octanol–water partition coefficient (Wildman–Crippen LogP) is 3.25. The van der Waals surface area contributed by atoms with E-state index in [1.807, 2.05) is 19.9 Å². The van der Waals surface area contributed by atoms with Crippen LogP contribution >= 0.6 is 0 Å². The zero-order valence-electron chi connectivity index (χ0n) is 15.0. The van der Waals surface area contributed by atoms with Gasteiger partial charge in [-0.3, -0.25) is 9.59 Å². The van der Waals surface area contributed by atoms with Gasteiger partial charge in [0, 0.05) is 5.92 Å². The van der Waals surface area contributed by atoms with Crippen molar-refractivity contribution in [2.75, 3.05) is 0 Å². The van der Waals surface area contributed by atoms with Gasteiger partial charge >= 0.3 is 0 Å². The Labute approximate surface area is 144 Å². The van der Waals surface area contributed by atoms with Crippen molar-refractivity contribution in [3.63, 3.8) is 0 Å². The average Bonchev–Trinajstić information content (AvgIpc) is 3.10. The molecule has 134 valence electrons. The molecular weight excluding hydrogens is 304 g/mol. The second-order valence-electron chi connectivity index (χ2n) is 7.04. The van der Waals surface area contributed by atoms with Gasteiger partial charge in [0.05, 0.1) is 12.8 Å². The van der Waals surface area contributed by atoms with Gasteiger partial charge in [-0.05, 0) is 36.8 Å². The summed E-state index contributed by atoms with van der Waals surface area (Å²) in [5.41, 5.74) is 0. The molecule has 0 aliphatic heterocycles. The topological polar surface area (TPSA) is 71.3 Å². The van der Waals surface area contributed by atoms with Crippen molar-refractivity contribution in [2.45, 2.75) is 65.5 Å². The van der Waals surface area contributed by atoms with Crippen molar-refractivity contribution in [1.82, 2.24) is 10.6 Å². The van der Waals surface area contributed by atoms with E-state index < -0.39 is 6.04 Å². The van der Waals surface area contributed by atoms with Crippen molar-refractivity contribution >= 4 is 11.8 Å². The number of hydrogen-bond acceptors (Lipinski definition) is 3. The summed E-state index contributed by atoms with van der Waals surface area (Å²) in [5, 5.41) is 5.89.